The van der Waals surface area contributed by atoms with Crippen LogP contribution in [0.2, 0.25) is 0 Å². The van der Waals surface area contributed by atoms with Crippen LogP contribution >= 0.6 is 0 Å². The van der Waals surface area contributed by atoms with Gasteiger partial charge in [0.2, 0.25) is 0 Å². The van der Waals surface area contributed by atoms with Crippen LogP contribution in [0.3, 0.4) is 0 Å². The number of rotatable bonds is 5. The maximum atomic E-state index is 12.9. The zero-order valence-corrected chi connectivity index (χ0v) is 17.0. The average Bonchev–Trinajstić information content (AvgIpc) is 2.73. The second-order valence-electron chi connectivity index (χ2n) is 7.57. The number of likely N-dealkylation sites (tertiary alicyclic amines) is 1. The Morgan fingerprint density at radius 1 is 1.14 bits per heavy atom. The Kier molecular flexibility index (Phi) is 6.68. The van der Waals surface area contributed by atoms with Crippen molar-refractivity contribution in [2.45, 2.75) is 19.8 Å². The van der Waals surface area contributed by atoms with Crippen LogP contribution in [0.25, 0.3) is 0 Å². The SMILES string of the molecule is CCOC(=O)C1CCN(C(=O)c2ccc(N3CCN(C)CC3)c([N+](=O)[O-])c2)CC1. The number of nitro benzene ring substituents is 1. The number of piperidine rings is 1. The van der Waals surface area contributed by atoms with Crippen molar-refractivity contribution in [1.82, 2.24) is 9.80 Å². The Hall–Kier alpha value is -2.68. The average molecular weight is 404 g/mol. The summed E-state index contributed by atoms with van der Waals surface area (Å²) in [5, 5.41) is 11.7. The monoisotopic (exact) mass is 404 g/mol. The standard InChI is InChI=1S/C20H28N4O5/c1-3-29-20(26)15-6-8-23(9-7-15)19(25)16-4-5-17(18(14-16)24(27)28)22-12-10-21(2)11-13-22/h4-5,14-15H,3,6-13H2,1-2H3. The number of hydrogen-bond donors (Lipinski definition) is 0. The fraction of sp³-hybridized carbons (Fsp3) is 0.600. The van der Waals surface area contributed by atoms with Crippen LogP contribution in [0.1, 0.15) is 30.1 Å². The highest BCUT2D eigenvalue weighted by atomic mass is 16.6. The molecule has 0 aromatic heterocycles. The molecule has 9 heteroatoms. The van der Waals surface area contributed by atoms with Gasteiger partial charge in [0.25, 0.3) is 11.6 Å². The van der Waals surface area contributed by atoms with Crippen LogP contribution in [-0.4, -0.2) is 79.5 Å². The van der Waals surface area contributed by atoms with Gasteiger partial charge in [0.1, 0.15) is 5.69 Å². The molecule has 1 aromatic rings. The summed E-state index contributed by atoms with van der Waals surface area (Å²) in [6.45, 7) is 6.11. The van der Waals surface area contributed by atoms with E-state index < -0.39 is 4.92 Å². The molecule has 0 radical (unpaired) electrons. The minimum Gasteiger partial charge on any atom is -0.466 e. The maximum absolute atomic E-state index is 12.9. The summed E-state index contributed by atoms with van der Waals surface area (Å²) in [4.78, 5) is 41.8. The molecule has 0 unspecified atom stereocenters. The summed E-state index contributed by atoms with van der Waals surface area (Å²) in [5.41, 5.74) is 0.826. The number of carbonyl (C=O) groups excluding carboxylic acids is 2. The van der Waals surface area contributed by atoms with Crippen molar-refractivity contribution in [3.63, 3.8) is 0 Å². The van der Waals surface area contributed by atoms with Gasteiger partial charge in [0.15, 0.2) is 0 Å². The zero-order valence-electron chi connectivity index (χ0n) is 17.0. The highest BCUT2D eigenvalue weighted by Crippen LogP contribution is 2.31. The van der Waals surface area contributed by atoms with Crippen LogP contribution in [0, 0.1) is 16.0 Å². The number of benzene rings is 1. The van der Waals surface area contributed by atoms with Gasteiger partial charge in [-0.05, 0) is 38.9 Å². The normalized spacial score (nSPS) is 18.6. The van der Waals surface area contributed by atoms with Gasteiger partial charge in [-0.25, -0.2) is 0 Å². The number of amides is 1. The molecule has 1 aromatic carbocycles. The minimum atomic E-state index is -0.419. The second kappa shape index (κ2) is 9.21. The quantitative estimate of drug-likeness (QED) is 0.419. The maximum Gasteiger partial charge on any atom is 0.309 e. The molecule has 2 aliphatic heterocycles. The number of carbonyl (C=O) groups is 2. The molecule has 2 aliphatic rings. The number of nitro groups is 1. The molecule has 0 spiro atoms. The highest BCUT2D eigenvalue weighted by molar-refractivity contribution is 5.96. The van der Waals surface area contributed by atoms with E-state index in [1.54, 1.807) is 24.0 Å². The Morgan fingerprint density at radius 3 is 2.38 bits per heavy atom. The lowest BCUT2D eigenvalue weighted by atomic mass is 9.96. The molecular weight excluding hydrogens is 376 g/mol. The lowest BCUT2D eigenvalue weighted by Crippen LogP contribution is -2.44. The van der Waals surface area contributed by atoms with E-state index in [1.807, 2.05) is 11.9 Å². The van der Waals surface area contributed by atoms with Crippen molar-refractivity contribution in [2.75, 3.05) is 57.8 Å². The van der Waals surface area contributed by atoms with E-state index in [0.29, 0.717) is 56.9 Å². The van der Waals surface area contributed by atoms with E-state index >= 15 is 0 Å². The smallest absolute Gasteiger partial charge is 0.309 e. The second-order valence-corrected chi connectivity index (χ2v) is 7.57. The molecule has 2 heterocycles. The molecule has 158 valence electrons. The predicted octanol–water partition coefficient (Wildman–Crippen LogP) is 1.76. The molecule has 2 saturated heterocycles. The van der Waals surface area contributed by atoms with E-state index in [1.165, 1.54) is 6.07 Å². The van der Waals surface area contributed by atoms with Crippen LogP contribution in [0.4, 0.5) is 11.4 Å². The molecule has 29 heavy (non-hydrogen) atoms. The lowest BCUT2D eigenvalue weighted by Gasteiger charge is -2.34. The van der Waals surface area contributed by atoms with Gasteiger partial charge in [0, 0.05) is 50.9 Å². The molecule has 0 bridgehead atoms. The molecule has 0 atom stereocenters. The number of likely N-dealkylation sites (N-methyl/N-ethyl adjacent to an activating group) is 1. The summed E-state index contributed by atoms with van der Waals surface area (Å²) in [6, 6.07) is 4.73. The van der Waals surface area contributed by atoms with E-state index in [2.05, 4.69) is 4.90 Å². The van der Waals surface area contributed by atoms with Crippen molar-refractivity contribution in [3.8, 4) is 0 Å². The fourth-order valence-electron chi connectivity index (χ4n) is 3.88. The number of anilines is 1. The van der Waals surface area contributed by atoms with Crippen LogP contribution in [0.15, 0.2) is 18.2 Å². The fourth-order valence-corrected chi connectivity index (χ4v) is 3.88. The van der Waals surface area contributed by atoms with Crippen LogP contribution in [-0.2, 0) is 9.53 Å². The largest absolute Gasteiger partial charge is 0.466 e. The Bertz CT molecular complexity index is 768. The summed E-state index contributed by atoms with van der Waals surface area (Å²) < 4.78 is 5.06. The van der Waals surface area contributed by atoms with E-state index in [-0.39, 0.29) is 23.5 Å². The van der Waals surface area contributed by atoms with Gasteiger partial charge in [-0.3, -0.25) is 19.7 Å². The summed E-state index contributed by atoms with van der Waals surface area (Å²) >= 11 is 0. The minimum absolute atomic E-state index is 0.0400. The van der Waals surface area contributed by atoms with Gasteiger partial charge >= 0.3 is 5.97 Å². The molecule has 0 aliphatic carbocycles. The first-order valence-corrected chi connectivity index (χ1v) is 10.1. The lowest BCUT2D eigenvalue weighted by molar-refractivity contribution is -0.384. The van der Waals surface area contributed by atoms with Gasteiger partial charge in [-0.1, -0.05) is 0 Å². The first-order chi connectivity index (χ1) is 13.9. The molecule has 0 N–H and O–H groups in total. The van der Waals surface area contributed by atoms with Gasteiger partial charge in [0.05, 0.1) is 17.4 Å². The van der Waals surface area contributed by atoms with E-state index in [4.69, 9.17) is 4.74 Å². The molecular formula is C20H28N4O5. The number of nitrogens with zero attached hydrogens (tertiary/aromatic N) is 4. The van der Waals surface area contributed by atoms with Crippen molar-refractivity contribution in [3.05, 3.63) is 33.9 Å². The predicted molar refractivity (Wildman–Crippen MR) is 108 cm³/mol. The van der Waals surface area contributed by atoms with Crippen molar-refractivity contribution < 1.29 is 19.2 Å². The van der Waals surface area contributed by atoms with E-state index in [0.717, 1.165) is 13.1 Å². The van der Waals surface area contributed by atoms with Crippen LogP contribution < -0.4 is 4.90 Å². The Morgan fingerprint density at radius 2 is 1.79 bits per heavy atom. The number of hydrogen-bond acceptors (Lipinski definition) is 7. The third-order valence-electron chi connectivity index (χ3n) is 5.67. The molecule has 2 fully saturated rings. The number of esters is 1. The third kappa shape index (κ3) is 4.84. The number of piperazine rings is 1. The van der Waals surface area contributed by atoms with E-state index in [9.17, 15) is 19.7 Å². The first kappa shape index (κ1) is 21.0. The van der Waals surface area contributed by atoms with Gasteiger partial charge in [-0.2, -0.15) is 0 Å². The summed E-state index contributed by atoms with van der Waals surface area (Å²) in [5.74, 6) is -0.639. The molecule has 0 saturated carbocycles. The third-order valence-corrected chi connectivity index (χ3v) is 5.67. The molecule has 1 amide bonds. The van der Waals surface area contributed by atoms with Crippen molar-refractivity contribution in [1.29, 1.82) is 0 Å². The first-order valence-electron chi connectivity index (χ1n) is 10.1. The Balaban J connectivity index is 1.71. The van der Waals surface area contributed by atoms with Gasteiger partial charge in [-0.15, -0.1) is 0 Å². The number of ether oxygens (including phenoxy) is 1. The summed E-state index contributed by atoms with van der Waals surface area (Å²) in [6.07, 6.45) is 1.10. The zero-order chi connectivity index (χ0) is 21.0. The topological polar surface area (TPSA) is 96.2 Å². The molecule has 3 rings (SSSR count). The Labute approximate surface area is 170 Å². The summed E-state index contributed by atoms with van der Waals surface area (Å²) in [7, 11) is 2.03. The molecule has 9 nitrogen and oxygen atoms in total. The van der Waals surface area contributed by atoms with Crippen molar-refractivity contribution in [2.24, 2.45) is 5.92 Å². The van der Waals surface area contributed by atoms with Crippen molar-refractivity contribution >= 4 is 23.3 Å². The van der Waals surface area contributed by atoms with Crippen LogP contribution in [0.5, 0.6) is 0 Å². The van der Waals surface area contributed by atoms with Gasteiger partial charge < -0.3 is 19.4 Å². The highest BCUT2D eigenvalue weighted by Gasteiger charge is 2.30.